The monoisotopic (exact) mass is 190 g/mol. The lowest BCUT2D eigenvalue weighted by atomic mass is 9.87. The molecule has 0 aromatic heterocycles. The fraction of sp³-hybridized carbons (Fsp3) is 0.364. The molecule has 0 saturated carbocycles. The molecule has 1 unspecified atom stereocenters. The summed E-state index contributed by atoms with van der Waals surface area (Å²) in [6.45, 7) is 0. The topological polar surface area (TPSA) is 49.8 Å². The second-order valence-corrected chi connectivity index (χ2v) is 3.72. The number of nitrogens with zero attached hydrogens (tertiary/aromatic N) is 1. The second kappa shape index (κ2) is 3.39. The molecule has 2 N–H and O–H groups in total. The maximum Gasteiger partial charge on any atom is 0.141 e. The van der Waals surface area contributed by atoms with Gasteiger partial charge in [0.1, 0.15) is 11.9 Å². The minimum Gasteiger partial charge on any atom is -0.327 e. The zero-order valence-electron chi connectivity index (χ0n) is 7.76. The predicted molar refractivity (Wildman–Crippen MR) is 51.1 cm³/mol. The molecule has 2 rings (SSSR count). The molecule has 1 aromatic rings. The summed E-state index contributed by atoms with van der Waals surface area (Å²) >= 11 is 0. The Morgan fingerprint density at radius 2 is 2.21 bits per heavy atom. The van der Waals surface area contributed by atoms with Gasteiger partial charge in [0.25, 0.3) is 0 Å². The van der Waals surface area contributed by atoms with Crippen LogP contribution in [0.15, 0.2) is 12.1 Å². The molecule has 0 aliphatic heterocycles. The van der Waals surface area contributed by atoms with Crippen molar-refractivity contribution in [3.63, 3.8) is 0 Å². The molecule has 72 valence electrons. The van der Waals surface area contributed by atoms with Crippen LogP contribution in [0.1, 0.15) is 23.1 Å². The molecular weight excluding hydrogens is 179 g/mol. The van der Waals surface area contributed by atoms with Gasteiger partial charge in [0.15, 0.2) is 0 Å². The summed E-state index contributed by atoms with van der Waals surface area (Å²) in [6.07, 6.45) is 2.47. The van der Waals surface area contributed by atoms with Gasteiger partial charge in [-0.15, -0.1) is 0 Å². The highest BCUT2D eigenvalue weighted by atomic mass is 19.1. The van der Waals surface area contributed by atoms with Gasteiger partial charge in [-0.05, 0) is 42.5 Å². The molecule has 0 saturated heterocycles. The number of benzene rings is 1. The average Bonchev–Trinajstić information content (AvgIpc) is 2.17. The van der Waals surface area contributed by atoms with Crippen LogP contribution >= 0.6 is 0 Å². The molecule has 0 heterocycles. The van der Waals surface area contributed by atoms with Crippen molar-refractivity contribution in [2.45, 2.75) is 25.3 Å². The third kappa shape index (κ3) is 1.49. The first kappa shape index (κ1) is 9.17. The van der Waals surface area contributed by atoms with Crippen LogP contribution in [0.2, 0.25) is 0 Å². The molecule has 1 aliphatic rings. The van der Waals surface area contributed by atoms with Gasteiger partial charge in [0.2, 0.25) is 0 Å². The lowest BCUT2D eigenvalue weighted by Gasteiger charge is -2.21. The second-order valence-electron chi connectivity index (χ2n) is 3.72. The Balaban J connectivity index is 2.47. The number of nitriles is 1. The molecule has 2 nitrogen and oxygen atoms in total. The molecule has 0 spiro atoms. The summed E-state index contributed by atoms with van der Waals surface area (Å²) in [7, 11) is 0. The lowest BCUT2D eigenvalue weighted by Crippen LogP contribution is -2.28. The Bertz CT molecular complexity index is 406. The van der Waals surface area contributed by atoms with E-state index in [0.29, 0.717) is 0 Å². The Morgan fingerprint density at radius 3 is 2.93 bits per heavy atom. The van der Waals surface area contributed by atoms with E-state index in [4.69, 9.17) is 11.0 Å². The molecular formula is C11H11FN2. The van der Waals surface area contributed by atoms with Gasteiger partial charge in [0.05, 0.1) is 5.56 Å². The van der Waals surface area contributed by atoms with Crippen molar-refractivity contribution in [2.75, 3.05) is 0 Å². The molecule has 3 heteroatoms. The zero-order chi connectivity index (χ0) is 10.1. The molecule has 0 amide bonds. The third-order valence-electron chi connectivity index (χ3n) is 2.68. The van der Waals surface area contributed by atoms with E-state index in [1.807, 2.05) is 6.07 Å². The summed E-state index contributed by atoms with van der Waals surface area (Å²) in [5.74, 6) is -0.415. The van der Waals surface area contributed by atoms with E-state index in [-0.39, 0.29) is 11.6 Å². The molecule has 1 aromatic carbocycles. The van der Waals surface area contributed by atoms with Crippen LogP contribution in [0.3, 0.4) is 0 Å². The van der Waals surface area contributed by atoms with Crippen molar-refractivity contribution in [1.82, 2.24) is 0 Å². The van der Waals surface area contributed by atoms with Gasteiger partial charge in [-0.1, -0.05) is 0 Å². The maximum atomic E-state index is 13.2. The van der Waals surface area contributed by atoms with Crippen LogP contribution in [0.4, 0.5) is 4.39 Å². The van der Waals surface area contributed by atoms with Crippen LogP contribution < -0.4 is 5.73 Å². The van der Waals surface area contributed by atoms with Crippen LogP contribution in [0, 0.1) is 17.1 Å². The van der Waals surface area contributed by atoms with E-state index < -0.39 is 5.82 Å². The highest BCUT2D eigenvalue weighted by Crippen LogP contribution is 2.23. The summed E-state index contributed by atoms with van der Waals surface area (Å²) < 4.78 is 13.2. The fourth-order valence-corrected chi connectivity index (χ4v) is 1.89. The first-order valence-corrected chi connectivity index (χ1v) is 4.67. The number of hydrogen-bond donors (Lipinski definition) is 1. The van der Waals surface area contributed by atoms with Gasteiger partial charge in [-0.25, -0.2) is 4.39 Å². The standard InChI is InChI=1S/C11H11FN2/c12-11-5-7-1-2-10(14)4-8(7)3-9(11)6-13/h3,5,10H,1-2,4,14H2. The summed E-state index contributed by atoms with van der Waals surface area (Å²) in [5.41, 5.74) is 7.96. The van der Waals surface area contributed by atoms with Crippen LogP contribution in [0.5, 0.6) is 0 Å². The van der Waals surface area contributed by atoms with E-state index in [1.54, 1.807) is 6.07 Å². The average molecular weight is 190 g/mol. The quantitative estimate of drug-likeness (QED) is 0.674. The van der Waals surface area contributed by atoms with Gasteiger partial charge in [-0.2, -0.15) is 5.26 Å². The number of hydrogen-bond acceptors (Lipinski definition) is 2. The Labute approximate surface area is 82.1 Å². The first-order chi connectivity index (χ1) is 6.70. The van der Waals surface area contributed by atoms with Crippen molar-refractivity contribution >= 4 is 0 Å². The predicted octanol–water partition coefficient (Wildman–Crippen LogP) is 1.51. The number of fused-ring (bicyclic) bond motifs is 1. The SMILES string of the molecule is N#Cc1cc2c(cc1F)CCC(N)C2. The van der Waals surface area contributed by atoms with Crippen molar-refractivity contribution in [3.8, 4) is 6.07 Å². The molecule has 1 aliphatic carbocycles. The molecule has 14 heavy (non-hydrogen) atoms. The van der Waals surface area contributed by atoms with Crippen molar-refractivity contribution < 1.29 is 4.39 Å². The largest absolute Gasteiger partial charge is 0.327 e. The van der Waals surface area contributed by atoms with Crippen molar-refractivity contribution in [2.24, 2.45) is 5.73 Å². The first-order valence-electron chi connectivity index (χ1n) is 4.67. The summed E-state index contributed by atoms with van der Waals surface area (Å²) in [6, 6.07) is 5.10. The van der Waals surface area contributed by atoms with Gasteiger partial charge in [-0.3, -0.25) is 0 Å². The molecule has 0 bridgehead atoms. The van der Waals surface area contributed by atoms with E-state index in [0.717, 1.165) is 30.4 Å². The van der Waals surface area contributed by atoms with Crippen LogP contribution in [-0.4, -0.2) is 6.04 Å². The minimum absolute atomic E-state index is 0.123. The minimum atomic E-state index is -0.415. The van der Waals surface area contributed by atoms with Crippen LogP contribution in [-0.2, 0) is 12.8 Å². The van der Waals surface area contributed by atoms with Crippen molar-refractivity contribution in [1.29, 1.82) is 5.26 Å². The zero-order valence-corrected chi connectivity index (χ0v) is 7.76. The number of nitrogens with two attached hydrogens (primary N) is 1. The van der Waals surface area contributed by atoms with E-state index in [9.17, 15) is 4.39 Å². The van der Waals surface area contributed by atoms with Crippen LogP contribution in [0.25, 0.3) is 0 Å². The highest BCUT2D eigenvalue weighted by Gasteiger charge is 2.17. The van der Waals surface area contributed by atoms with E-state index in [1.165, 1.54) is 6.07 Å². The smallest absolute Gasteiger partial charge is 0.141 e. The number of aryl methyl sites for hydroxylation is 1. The van der Waals surface area contributed by atoms with E-state index in [2.05, 4.69) is 0 Å². The molecule has 0 fully saturated rings. The van der Waals surface area contributed by atoms with Gasteiger partial charge in [0, 0.05) is 6.04 Å². The number of rotatable bonds is 0. The Morgan fingerprint density at radius 1 is 1.43 bits per heavy atom. The third-order valence-corrected chi connectivity index (χ3v) is 2.68. The number of halogens is 1. The highest BCUT2D eigenvalue weighted by molar-refractivity contribution is 5.41. The molecule has 0 radical (unpaired) electrons. The summed E-state index contributed by atoms with van der Waals surface area (Å²) in [4.78, 5) is 0. The maximum absolute atomic E-state index is 13.2. The Kier molecular flexibility index (Phi) is 2.22. The van der Waals surface area contributed by atoms with Crippen molar-refractivity contribution in [3.05, 3.63) is 34.6 Å². The van der Waals surface area contributed by atoms with Gasteiger partial charge < -0.3 is 5.73 Å². The normalized spacial score (nSPS) is 19.9. The van der Waals surface area contributed by atoms with Gasteiger partial charge >= 0.3 is 0 Å². The lowest BCUT2D eigenvalue weighted by molar-refractivity contribution is 0.565. The van der Waals surface area contributed by atoms with E-state index >= 15 is 0 Å². The Hall–Kier alpha value is -1.40. The fourth-order valence-electron chi connectivity index (χ4n) is 1.89. The summed E-state index contributed by atoms with van der Waals surface area (Å²) in [5, 5.41) is 8.66. The molecule has 1 atom stereocenters.